The lowest BCUT2D eigenvalue weighted by Crippen LogP contribution is -2.21. The largest absolute Gasteiger partial charge is 0.371 e. The van der Waals surface area contributed by atoms with E-state index in [9.17, 15) is 8.78 Å². The van der Waals surface area contributed by atoms with Crippen LogP contribution in [-0.4, -0.2) is 36.8 Å². The molecule has 0 aromatic heterocycles. The van der Waals surface area contributed by atoms with Gasteiger partial charge >= 0.3 is 0 Å². The van der Waals surface area contributed by atoms with E-state index in [1.54, 1.807) is 0 Å². The zero-order chi connectivity index (χ0) is 19.0. The quantitative estimate of drug-likeness (QED) is 0.720. The molecule has 0 amide bonds. The summed E-state index contributed by atoms with van der Waals surface area (Å²) in [6, 6.07) is 3.33. The molecule has 3 aliphatic rings. The van der Waals surface area contributed by atoms with Crippen LogP contribution < -0.4 is 4.90 Å². The van der Waals surface area contributed by atoms with Gasteiger partial charge in [-0.2, -0.15) is 0 Å². The van der Waals surface area contributed by atoms with Crippen LogP contribution in [0.4, 0.5) is 20.2 Å². The van der Waals surface area contributed by atoms with Crippen molar-refractivity contribution in [2.45, 2.75) is 30.6 Å². The fourth-order valence-corrected chi connectivity index (χ4v) is 4.21. The number of likely N-dealkylation sites (tertiary alicyclic amines) is 1. The first-order valence-corrected chi connectivity index (χ1v) is 9.95. The lowest BCUT2D eigenvalue weighted by molar-refractivity contribution is 0.437. The summed E-state index contributed by atoms with van der Waals surface area (Å²) in [7, 11) is 0. The van der Waals surface area contributed by atoms with Gasteiger partial charge < -0.3 is 9.80 Å². The number of allylic oxidation sites excluding steroid dienone is 4. The smallest absolute Gasteiger partial charge is 0.181 e. The van der Waals surface area contributed by atoms with Gasteiger partial charge in [-0.25, -0.2) is 13.8 Å². The molecule has 27 heavy (non-hydrogen) atoms. The molecule has 1 aliphatic carbocycles. The molecule has 2 saturated heterocycles. The van der Waals surface area contributed by atoms with Crippen molar-refractivity contribution in [1.82, 2.24) is 4.90 Å². The molecule has 0 N–H and O–H groups in total. The van der Waals surface area contributed by atoms with Gasteiger partial charge in [0, 0.05) is 43.6 Å². The van der Waals surface area contributed by atoms with Crippen LogP contribution in [-0.2, 0) is 12.6 Å². The van der Waals surface area contributed by atoms with E-state index in [-0.39, 0.29) is 11.4 Å². The third-order valence-electron chi connectivity index (χ3n) is 5.34. The number of halogens is 2. The molecule has 3 nitrogen and oxygen atoms in total. The van der Waals surface area contributed by atoms with E-state index in [4.69, 9.17) is 0 Å². The fourth-order valence-electron chi connectivity index (χ4n) is 3.89. The molecule has 2 fully saturated rings. The number of nitrogens with zero attached hydrogens (tertiary/aromatic N) is 3. The molecule has 2 heterocycles. The van der Waals surface area contributed by atoms with Crippen LogP contribution in [0.3, 0.4) is 0 Å². The van der Waals surface area contributed by atoms with E-state index in [1.165, 1.54) is 12.1 Å². The maximum absolute atomic E-state index is 14.7. The fraction of sp³-hybridized carbons (Fsp3) is 0.381. The third-order valence-corrected chi connectivity index (χ3v) is 5.72. The Hall–Kier alpha value is -2.08. The molecule has 0 saturated carbocycles. The van der Waals surface area contributed by atoms with Crippen molar-refractivity contribution in [3.05, 3.63) is 53.8 Å². The third kappa shape index (κ3) is 3.68. The minimum absolute atomic E-state index is 0.0882. The summed E-state index contributed by atoms with van der Waals surface area (Å²) in [6.45, 7) is 7.65. The van der Waals surface area contributed by atoms with Gasteiger partial charge in [0.2, 0.25) is 0 Å². The van der Waals surface area contributed by atoms with Crippen molar-refractivity contribution in [1.29, 1.82) is 0 Å². The number of hydrogen-bond acceptors (Lipinski definition) is 3. The molecular weight excluding hydrogens is 364 g/mol. The van der Waals surface area contributed by atoms with E-state index < -0.39 is 11.6 Å². The van der Waals surface area contributed by atoms with Crippen molar-refractivity contribution in [2.24, 2.45) is 4.99 Å². The van der Waals surface area contributed by atoms with Gasteiger partial charge in [-0.3, -0.25) is 0 Å². The zero-order valence-electron chi connectivity index (χ0n) is 15.3. The van der Waals surface area contributed by atoms with Crippen molar-refractivity contribution in [2.75, 3.05) is 31.1 Å². The van der Waals surface area contributed by atoms with Gasteiger partial charge in [0.05, 0.1) is 0 Å². The Bertz CT molecular complexity index is 837. The van der Waals surface area contributed by atoms with Crippen molar-refractivity contribution in [3.8, 4) is 0 Å². The minimum Gasteiger partial charge on any atom is -0.371 e. The first-order chi connectivity index (χ1) is 13.0. The maximum atomic E-state index is 14.7. The van der Waals surface area contributed by atoms with Crippen LogP contribution in [0.5, 0.6) is 0 Å². The standard InChI is InChI=1S/C21H23F2N3S/c1-14-10-15(25-6-2-3-7-25)11-17(22)20(14)24-21-18(23)12-16(13-19(21)27)26-8-4-5-9-26/h10-13,27H,1-9H2/p+1. The summed E-state index contributed by atoms with van der Waals surface area (Å²) >= 11 is 3.47. The normalized spacial score (nSPS) is 21.9. The predicted octanol–water partition coefficient (Wildman–Crippen LogP) is 4.27. The topological polar surface area (TPSA) is 18.8 Å². The number of hydrogen-bond donors (Lipinski definition) is 0. The van der Waals surface area contributed by atoms with Crippen LogP contribution in [0.25, 0.3) is 0 Å². The summed E-state index contributed by atoms with van der Waals surface area (Å²) in [5, 5.41) is 0. The molecule has 0 bridgehead atoms. The second-order valence-electron chi connectivity index (χ2n) is 7.26. The monoisotopic (exact) mass is 388 g/mol. The van der Waals surface area contributed by atoms with E-state index in [0.717, 1.165) is 63.2 Å². The Morgan fingerprint density at radius 3 is 2.15 bits per heavy atom. The van der Waals surface area contributed by atoms with Gasteiger partial charge in [-0.05, 0) is 62.1 Å². The number of rotatable bonds is 3. The average Bonchev–Trinajstić information content (AvgIpc) is 3.33. The second-order valence-corrected chi connectivity index (χ2v) is 7.80. The Labute approximate surface area is 164 Å². The SMILES string of the molecule is C=C1C=C(N2CCCC2)C=C(F)C1=Nc1c(F)cc(N2CCCC2)cc1[SH2+]. The van der Waals surface area contributed by atoms with Gasteiger partial charge in [0.1, 0.15) is 5.71 Å². The molecule has 0 unspecified atom stereocenters. The average molecular weight is 389 g/mol. The Morgan fingerprint density at radius 1 is 0.926 bits per heavy atom. The molecular formula is C21H24F2N3S+. The van der Waals surface area contributed by atoms with Crippen LogP contribution in [0, 0.1) is 5.82 Å². The Balaban J connectivity index is 1.63. The highest BCUT2D eigenvalue weighted by Crippen LogP contribution is 2.33. The van der Waals surface area contributed by atoms with Crippen molar-refractivity contribution in [3.63, 3.8) is 0 Å². The first kappa shape index (κ1) is 18.3. The zero-order valence-corrected chi connectivity index (χ0v) is 16.3. The van der Waals surface area contributed by atoms with Crippen LogP contribution >= 0.6 is 0 Å². The molecule has 0 atom stereocenters. The molecule has 0 radical (unpaired) electrons. The molecule has 2 aliphatic heterocycles. The molecule has 142 valence electrons. The van der Waals surface area contributed by atoms with E-state index >= 15 is 0 Å². The Morgan fingerprint density at radius 2 is 1.56 bits per heavy atom. The van der Waals surface area contributed by atoms with E-state index in [1.807, 2.05) is 12.1 Å². The summed E-state index contributed by atoms with van der Waals surface area (Å²) < 4.78 is 29.5. The van der Waals surface area contributed by atoms with Crippen molar-refractivity contribution < 1.29 is 8.78 Å². The van der Waals surface area contributed by atoms with Crippen LogP contribution in [0.2, 0.25) is 0 Å². The predicted molar refractivity (Wildman–Crippen MR) is 111 cm³/mol. The summed E-state index contributed by atoms with van der Waals surface area (Å²) in [5.74, 6) is -0.940. The van der Waals surface area contributed by atoms with Gasteiger partial charge in [0.25, 0.3) is 0 Å². The van der Waals surface area contributed by atoms with Crippen molar-refractivity contribution >= 4 is 29.7 Å². The first-order valence-electron chi connectivity index (χ1n) is 9.45. The highest BCUT2D eigenvalue weighted by molar-refractivity contribution is 7.59. The van der Waals surface area contributed by atoms with Crippen LogP contribution in [0.1, 0.15) is 25.7 Å². The molecule has 1 aromatic rings. The van der Waals surface area contributed by atoms with E-state index in [2.05, 4.69) is 34.0 Å². The summed E-state index contributed by atoms with van der Waals surface area (Å²) in [4.78, 5) is 9.08. The second kappa shape index (κ2) is 7.50. The van der Waals surface area contributed by atoms with Gasteiger partial charge in [-0.1, -0.05) is 6.58 Å². The molecule has 6 heteroatoms. The number of aliphatic imine (C=N–C) groups is 1. The molecule has 4 rings (SSSR count). The Kier molecular flexibility index (Phi) is 5.08. The maximum Gasteiger partial charge on any atom is 0.181 e. The molecule has 0 spiro atoms. The lowest BCUT2D eigenvalue weighted by atomic mass is 10.0. The number of anilines is 1. The van der Waals surface area contributed by atoms with Gasteiger partial charge in [-0.15, -0.1) is 0 Å². The van der Waals surface area contributed by atoms with Crippen LogP contribution in [0.15, 0.2) is 57.8 Å². The van der Waals surface area contributed by atoms with E-state index in [0.29, 0.717) is 10.5 Å². The summed E-state index contributed by atoms with van der Waals surface area (Å²) in [6.07, 6.45) is 7.76. The lowest BCUT2D eigenvalue weighted by Gasteiger charge is -2.23. The summed E-state index contributed by atoms with van der Waals surface area (Å²) in [5.41, 5.74) is 2.30. The van der Waals surface area contributed by atoms with Gasteiger partial charge in [0.15, 0.2) is 22.2 Å². The molecule has 1 aromatic carbocycles. The highest BCUT2D eigenvalue weighted by Gasteiger charge is 2.24. The minimum atomic E-state index is -0.474. The highest BCUT2D eigenvalue weighted by atomic mass is 32.1. The number of benzene rings is 1.